The average Bonchev–Trinajstić information content (AvgIpc) is 2.07. The summed E-state index contributed by atoms with van der Waals surface area (Å²) in [6.07, 6.45) is 3.22. The van der Waals surface area contributed by atoms with Gasteiger partial charge in [0.15, 0.2) is 0 Å². The lowest BCUT2D eigenvalue weighted by atomic mass is 10.3. The molecule has 0 saturated carbocycles. The molecule has 0 unspecified atom stereocenters. The van der Waals surface area contributed by atoms with Crippen molar-refractivity contribution in [2.45, 2.75) is 0 Å². The number of rotatable bonds is 0. The molecule has 2 nitrogen and oxygen atoms in total. The van der Waals surface area contributed by atoms with Crippen molar-refractivity contribution in [3.63, 3.8) is 0 Å². The number of fused-ring (bicyclic) bond motifs is 1. The normalized spacial score (nSPS) is 10.5. The number of nitrogens with zero attached hydrogens (tertiary/aromatic N) is 2. The maximum absolute atomic E-state index is 5.87. The Bertz CT molecular complexity index is 387. The van der Waals surface area contributed by atoms with Crippen molar-refractivity contribution in [1.29, 1.82) is 0 Å². The Hall–Kier alpha value is -0.860. The van der Waals surface area contributed by atoms with Gasteiger partial charge in [0, 0.05) is 12.4 Å². The van der Waals surface area contributed by atoms with E-state index in [1.807, 2.05) is 0 Å². The van der Waals surface area contributed by atoms with Gasteiger partial charge in [-0.1, -0.05) is 23.2 Å². The van der Waals surface area contributed by atoms with Crippen LogP contribution in [-0.2, 0) is 0 Å². The third-order valence-electron chi connectivity index (χ3n) is 1.53. The minimum atomic E-state index is 0.572. The highest BCUT2D eigenvalue weighted by molar-refractivity contribution is 6.38. The van der Waals surface area contributed by atoms with Crippen molar-refractivity contribution in [2.75, 3.05) is 0 Å². The first-order valence-corrected chi connectivity index (χ1v) is 4.09. The van der Waals surface area contributed by atoms with Crippen molar-refractivity contribution in [1.82, 2.24) is 9.97 Å². The Morgan fingerprint density at radius 1 is 0.833 bits per heavy atom. The van der Waals surface area contributed by atoms with Crippen LogP contribution in [0, 0.1) is 0 Å². The minimum Gasteiger partial charge on any atom is -0.253 e. The van der Waals surface area contributed by atoms with E-state index in [1.54, 1.807) is 24.5 Å². The number of halogens is 2. The Labute approximate surface area is 79.2 Å². The third kappa shape index (κ3) is 1.13. The van der Waals surface area contributed by atoms with Gasteiger partial charge < -0.3 is 0 Å². The fourth-order valence-electron chi connectivity index (χ4n) is 0.984. The molecule has 0 radical (unpaired) electrons. The van der Waals surface area contributed by atoms with Crippen LogP contribution in [0.3, 0.4) is 0 Å². The second-order valence-corrected chi connectivity index (χ2v) is 3.10. The summed E-state index contributed by atoms with van der Waals surface area (Å²) in [7, 11) is 0. The number of pyridine rings is 2. The first kappa shape index (κ1) is 7.77. The largest absolute Gasteiger partial charge is 0.253 e. The third-order valence-corrected chi connectivity index (χ3v) is 2.14. The Kier molecular flexibility index (Phi) is 1.87. The Balaban J connectivity index is 2.94. The highest BCUT2D eigenvalue weighted by Gasteiger charge is 2.03. The molecule has 0 atom stereocenters. The summed E-state index contributed by atoms with van der Waals surface area (Å²) in [4.78, 5) is 8.13. The molecule has 0 fully saturated rings. The summed E-state index contributed by atoms with van der Waals surface area (Å²) in [5.74, 6) is 0. The molecule has 0 N–H and O–H groups in total. The molecule has 60 valence electrons. The van der Waals surface area contributed by atoms with E-state index >= 15 is 0 Å². The van der Waals surface area contributed by atoms with E-state index in [-0.39, 0.29) is 0 Å². The smallest absolute Gasteiger partial charge is 0.109 e. The molecule has 0 aliphatic carbocycles. The summed E-state index contributed by atoms with van der Waals surface area (Å²) >= 11 is 11.7. The quantitative estimate of drug-likeness (QED) is 0.651. The molecular weight excluding hydrogens is 195 g/mol. The van der Waals surface area contributed by atoms with Crippen molar-refractivity contribution in [3.8, 4) is 0 Å². The summed E-state index contributed by atoms with van der Waals surface area (Å²) in [6, 6.07) is 3.38. The van der Waals surface area contributed by atoms with Gasteiger partial charge in [-0.2, -0.15) is 0 Å². The van der Waals surface area contributed by atoms with Crippen LogP contribution in [0.2, 0.25) is 10.0 Å². The van der Waals surface area contributed by atoms with Gasteiger partial charge in [-0.25, -0.2) is 0 Å². The van der Waals surface area contributed by atoms with Crippen molar-refractivity contribution < 1.29 is 0 Å². The Morgan fingerprint density at radius 2 is 1.25 bits per heavy atom. The van der Waals surface area contributed by atoms with Gasteiger partial charge in [-0.15, -0.1) is 0 Å². The van der Waals surface area contributed by atoms with E-state index < -0.39 is 0 Å². The zero-order valence-electron chi connectivity index (χ0n) is 5.96. The van der Waals surface area contributed by atoms with Crippen LogP contribution in [0.25, 0.3) is 11.0 Å². The first-order chi connectivity index (χ1) is 5.79. The standard InChI is InChI=1S/C8H4Cl2N2/c9-5-1-3-11-8-6(10)2-4-12-7(5)8/h1-4H. The molecule has 0 aliphatic rings. The molecule has 4 heteroatoms. The van der Waals surface area contributed by atoms with Gasteiger partial charge in [-0.05, 0) is 12.1 Å². The second kappa shape index (κ2) is 2.88. The second-order valence-electron chi connectivity index (χ2n) is 2.28. The number of hydrogen-bond acceptors (Lipinski definition) is 2. The van der Waals surface area contributed by atoms with Crippen molar-refractivity contribution in [2.24, 2.45) is 0 Å². The van der Waals surface area contributed by atoms with Gasteiger partial charge in [0.2, 0.25) is 0 Å². The van der Waals surface area contributed by atoms with Crippen LogP contribution in [0.1, 0.15) is 0 Å². The van der Waals surface area contributed by atoms with Crippen LogP contribution in [0.4, 0.5) is 0 Å². The highest BCUT2D eigenvalue weighted by atomic mass is 35.5. The summed E-state index contributed by atoms with van der Waals surface area (Å²) in [5, 5.41) is 1.14. The molecule has 0 aromatic carbocycles. The monoisotopic (exact) mass is 198 g/mol. The van der Waals surface area contributed by atoms with Gasteiger partial charge in [0.25, 0.3) is 0 Å². The Morgan fingerprint density at radius 3 is 1.67 bits per heavy atom. The van der Waals surface area contributed by atoms with E-state index in [1.165, 1.54) is 0 Å². The molecule has 12 heavy (non-hydrogen) atoms. The molecule has 0 amide bonds. The van der Waals surface area contributed by atoms with Gasteiger partial charge in [-0.3, -0.25) is 9.97 Å². The molecule has 2 rings (SSSR count). The van der Waals surface area contributed by atoms with Crippen LogP contribution in [0.15, 0.2) is 24.5 Å². The lowest BCUT2D eigenvalue weighted by molar-refractivity contribution is 1.34. The summed E-state index contributed by atoms with van der Waals surface area (Å²) in [6.45, 7) is 0. The highest BCUT2D eigenvalue weighted by Crippen LogP contribution is 2.24. The minimum absolute atomic E-state index is 0.572. The van der Waals surface area contributed by atoms with E-state index in [2.05, 4.69) is 9.97 Å². The number of aromatic nitrogens is 2. The number of hydrogen-bond donors (Lipinski definition) is 0. The molecule has 2 aromatic heterocycles. The van der Waals surface area contributed by atoms with E-state index in [0.29, 0.717) is 21.1 Å². The zero-order chi connectivity index (χ0) is 8.55. The van der Waals surface area contributed by atoms with Gasteiger partial charge >= 0.3 is 0 Å². The molecule has 0 spiro atoms. The molecule has 0 saturated heterocycles. The predicted molar refractivity (Wildman–Crippen MR) is 49.6 cm³/mol. The predicted octanol–water partition coefficient (Wildman–Crippen LogP) is 2.94. The fraction of sp³-hybridized carbons (Fsp3) is 0. The lowest BCUT2D eigenvalue weighted by Gasteiger charge is -1.98. The van der Waals surface area contributed by atoms with Crippen LogP contribution in [0.5, 0.6) is 0 Å². The molecule has 2 aromatic rings. The maximum atomic E-state index is 5.87. The van der Waals surface area contributed by atoms with Crippen LogP contribution >= 0.6 is 23.2 Å². The van der Waals surface area contributed by atoms with Crippen LogP contribution in [-0.4, -0.2) is 9.97 Å². The fourth-order valence-corrected chi connectivity index (χ4v) is 1.37. The SMILES string of the molecule is Clc1ccnc2c(Cl)ccnc12. The van der Waals surface area contributed by atoms with Crippen molar-refractivity contribution in [3.05, 3.63) is 34.6 Å². The molecule has 0 bridgehead atoms. The van der Waals surface area contributed by atoms with E-state index in [4.69, 9.17) is 23.2 Å². The van der Waals surface area contributed by atoms with Crippen molar-refractivity contribution >= 4 is 34.2 Å². The average molecular weight is 199 g/mol. The molecule has 2 heterocycles. The van der Waals surface area contributed by atoms with E-state index in [9.17, 15) is 0 Å². The molecular formula is C8H4Cl2N2. The topological polar surface area (TPSA) is 25.8 Å². The summed E-state index contributed by atoms with van der Waals surface area (Å²) < 4.78 is 0. The zero-order valence-corrected chi connectivity index (χ0v) is 7.47. The summed E-state index contributed by atoms with van der Waals surface area (Å²) in [5.41, 5.74) is 1.29. The van der Waals surface area contributed by atoms with Crippen LogP contribution < -0.4 is 0 Å². The molecule has 0 aliphatic heterocycles. The maximum Gasteiger partial charge on any atom is 0.109 e. The van der Waals surface area contributed by atoms with Gasteiger partial charge in [0.1, 0.15) is 11.0 Å². The van der Waals surface area contributed by atoms with Gasteiger partial charge in [0.05, 0.1) is 10.0 Å². The first-order valence-electron chi connectivity index (χ1n) is 3.34. The van der Waals surface area contributed by atoms with E-state index in [0.717, 1.165) is 0 Å². The lowest BCUT2D eigenvalue weighted by Crippen LogP contribution is -1.83.